The van der Waals surface area contributed by atoms with Crippen LogP contribution in [0, 0.1) is 11.3 Å². The van der Waals surface area contributed by atoms with Gasteiger partial charge in [0.15, 0.2) is 5.82 Å². The molecule has 1 atom stereocenters. The van der Waals surface area contributed by atoms with Crippen LogP contribution in [0.4, 0.5) is 5.82 Å². The third-order valence-electron chi connectivity index (χ3n) is 4.26. The number of benzene rings is 1. The van der Waals surface area contributed by atoms with Gasteiger partial charge in [0.25, 0.3) is 0 Å². The Morgan fingerprint density at radius 3 is 3.04 bits per heavy atom. The average molecular weight is 307 g/mol. The summed E-state index contributed by atoms with van der Waals surface area (Å²) in [5.74, 6) is 0.967. The topological polar surface area (TPSA) is 56.1 Å². The largest absolute Gasteiger partial charge is 0.351 e. The molecule has 3 rings (SSSR count). The Bertz CT molecular complexity index is 679. The van der Waals surface area contributed by atoms with Crippen LogP contribution >= 0.6 is 0 Å². The highest BCUT2D eigenvalue weighted by Gasteiger charge is 2.26. The molecule has 5 heteroatoms. The fourth-order valence-corrected chi connectivity index (χ4v) is 3.25. The lowest BCUT2D eigenvalue weighted by atomic mass is 10.1. The van der Waals surface area contributed by atoms with Crippen LogP contribution in [-0.2, 0) is 6.54 Å². The Labute approximate surface area is 137 Å². The maximum absolute atomic E-state index is 9.00. The van der Waals surface area contributed by atoms with Gasteiger partial charge in [-0.05, 0) is 49.7 Å². The van der Waals surface area contributed by atoms with Crippen molar-refractivity contribution >= 4 is 5.82 Å². The molecule has 5 nitrogen and oxygen atoms in total. The van der Waals surface area contributed by atoms with Gasteiger partial charge < -0.3 is 9.80 Å². The molecule has 0 bridgehead atoms. The first kappa shape index (κ1) is 15.4. The summed E-state index contributed by atoms with van der Waals surface area (Å²) in [7, 11) is 2.13. The molecule has 118 valence electrons. The Balaban J connectivity index is 1.63. The van der Waals surface area contributed by atoms with Gasteiger partial charge in [-0.3, -0.25) is 0 Å². The summed E-state index contributed by atoms with van der Waals surface area (Å²) in [5, 5.41) is 17.2. The summed E-state index contributed by atoms with van der Waals surface area (Å²) in [4.78, 5) is 4.67. The van der Waals surface area contributed by atoms with Crippen LogP contribution in [-0.4, -0.2) is 41.3 Å². The number of hydrogen-bond donors (Lipinski definition) is 0. The lowest BCUT2D eigenvalue weighted by Gasteiger charge is -2.29. The van der Waals surface area contributed by atoms with Crippen LogP contribution in [0.3, 0.4) is 0 Å². The molecule has 0 aliphatic carbocycles. The summed E-state index contributed by atoms with van der Waals surface area (Å²) in [6, 6.07) is 14.5. The van der Waals surface area contributed by atoms with Gasteiger partial charge in [-0.2, -0.15) is 10.4 Å². The molecule has 0 saturated carbocycles. The molecule has 0 unspecified atom stereocenters. The van der Waals surface area contributed by atoms with E-state index in [9.17, 15) is 0 Å². The average Bonchev–Trinajstić information content (AvgIpc) is 3.03. The minimum Gasteiger partial charge on any atom is -0.351 e. The quantitative estimate of drug-likeness (QED) is 0.849. The van der Waals surface area contributed by atoms with Crippen molar-refractivity contribution in [2.24, 2.45) is 0 Å². The predicted octanol–water partition coefficient (Wildman–Crippen LogP) is 2.45. The van der Waals surface area contributed by atoms with Crippen molar-refractivity contribution in [3.8, 4) is 6.07 Å². The van der Waals surface area contributed by atoms with E-state index in [0.717, 1.165) is 31.0 Å². The number of rotatable bonds is 5. The van der Waals surface area contributed by atoms with E-state index < -0.39 is 0 Å². The van der Waals surface area contributed by atoms with E-state index in [1.165, 1.54) is 18.4 Å². The first-order valence-corrected chi connectivity index (χ1v) is 7.98. The highest BCUT2D eigenvalue weighted by molar-refractivity contribution is 5.39. The maximum atomic E-state index is 9.00. The van der Waals surface area contributed by atoms with Crippen molar-refractivity contribution in [2.45, 2.75) is 25.4 Å². The minimum atomic E-state index is 0.468. The zero-order valence-corrected chi connectivity index (χ0v) is 13.4. The van der Waals surface area contributed by atoms with E-state index in [2.05, 4.69) is 39.2 Å². The van der Waals surface area contributed by atoms with Gasteiger partial charge in [-0.25, -0.2) is 0 Å². The maximum Gasteiger partial charge on any atom is 0.151 e. The molecule has 0 radical (unpaired) electrons. The Morgan fingerprint density at radius 1 is 1.35 bits per heavy atom. The Hall–Kier alpha value is -2.45. The van der Waals surface area contributed by atoms with E-state index in [1.54, 1.807) is 6.20 Å². The smallest absolute Gasteiger partial charge is 0.151 e. The van der Waals surface area contributed by atoms with E-state index in [0.29, 0.717) is 6.04 Å². The van der Waals surface area contributed by atoms with Crippen molar-refractivity contribution in [1.82, 2.24) is 15.1 Å². The van der Waals surface area contributed by atoms with Crippen molar-refractivity contribution in [3.63, 3.8) is 0 Å². The summed E-state index contributed by atoms with van der Waals surface area (Å²) >= 11 is 0. The van der Waals surface area contributed by atoms with E-state index >= 15 is 0 Å². The predicted molar refractivity (Wildman–Crippen MR) is 89.9 cm³/mol. The van der Waals surface area contributed by atoms with E-state index in [-0.39, 0.29) is 0 Å². The van der Waals surface area contributed by atoms with Crippen LogP contribution in [0.15, 0.2) is 42.6 Å². The molecule has 0 N–H and O–H groups in total. The highest BCUT2D eigenvalue weighted by Crippen LogP contribution is 2.23. The second-order valence-electron chi connectivity index (χ2n) is 6.08. The molecule has 0 amide bonds. The monoisotopic (exact) mass is 307 g/mol. The van der Waals surface area contributed by atoms with Crippen LogP contribution in [0.1, 0.15) is 24.0 Å². The molecule has 0 spiro atoms. The molecule has 1 aliphatic rings. The van der Waals surface area contributed by atoms with Crippen molar-refractivity contribution in [1.29, 1.82) is 5.26 Å². The SMILES string of the molecule is CN(Cc1cccc(C#N)c1)C[C@@H]1CCCN1c1cccnn1. The lowest BCUT2D eigenvalue weighted by Crippen LogP contribution is -2.39. The van der Waals surface area contributed by atoms with Gasteiger partial charge in [0.05, 0.1) is 11.6 Å². The second kappa shape index (κ2) is 7.21. The number of hydrogen-bond acceptors (Lipinski definition) is 5. The molecular formula is C18H21N5. The first-order valence-electron chi connectivity index (χ1n) is 7.98. The molecule has 2 heterocycles. The molecular weight excluding hydrogens is 286 g/mol. The van der Waals surface area contributed by atoms with Gasteiger partial charge in [-0.15, -0.1) is 5.10 Å². The molecule has 1 aromatic carbocycles. The second-order valence-corrected chi connectivity index (χ2v) is 6.08. The molecule has 1 saturated heterocycles. The summed E-state index contributed by atoms with van der Waals surface area (Å²) < 4.78 is 0. The standard InChI is InChI=1S/C18H21N5/c1-22(13-16-6-2-5-15(11-16)12-19)14-17-7-4-10-23(17)18-8-3-9-20-21-18/h2-3,5-6,8-9,11,17H,4,7,10,13-14H2,1H3/t17-/m0/s1. The normalized spacial score (nSPS) is 17.4. The van der Waals surface area contributed by atoms with Crippen LogP contribution in [0.2, 0.25) is 0 Å². The van der Waals surface area contributed by atoms with Gasteiger partial charge in [0.2, 0.25) is 0 Å². The van der Waals surface area contributed by atoms with Gasteiger partial charge in [0.1, 0.15) is 0 Å². The number of anilines is 1. The van der Waals surface area contributed by atoms with Crippen LogP contribution in [0.5, 0.6) is 0 Å². The van der Waals surface area contributed by atoms with E-state index in [4.69, 9.17) is 5.26 Å². The van der Waals surface area contributed by atoms with Gasteiger partial charge in [0, 0.05) is 31.9 Å². The number of nitrogens with zero attached hydrogens (tertiary/aromatic N) is 5. The summed E-state index contributed by atoms with van der Waals surface area (Å²) in [6.07, 6.45) is 4.08. The van der Waals surface area contributed by atoms with Crippen molar-refractivity contribution in [2.75, 3.05) is 25.0 Å². The Kier molecular flexibility index (Phi) is 4.84. The third-order valence-corrected chi connectivity index (χ3v) is 4.26. The molecule has 23 heavy (non-hydrogen) atoms. The summed E-state index contributed by atoms with van der Waals surface area (Å²) in [5.41, 5.74) is 1.90. The van der Waals surface area contributed by atoms with E-state index in [1.807, 2.05) is 30.3 Å². The molecule has 1 fully saturated rings. The fraction of sp³-hybridized carbons (Fsp3) is 0.389. The zero-order chi connectivity index (χ0) is 16.1. The fourth-order valence-electron chi connectivity index (χ4n) is 3.25. The molecule has 1 aliphatic heterocycles. The number of nitriles is 1. The minimum absolute atomic E-state index is 0.468. The van der Waals surface area contributed by atoms with Crippen LogP contribution in [0.25, 0.3) is 0 Å². The van der Waals surface area contributed by atoms with Gasteiger partial charge >= 0.3 is 0 Å². The molecule has 1 aromatic heterocycles. The third kappa shape index (κ3) is 3.85. The number of likely N-dealkylation sites (N-methyl/N-ethyl adjacent to an activating group) is 1. The Morgan fingerprint density at radius 2 is 2.26 bits per heavy atom. The first-order chi connectivity index (χ1) is 11.3. The lowest BCUT2D eigenvalue weighted by molar-refractivity contribution is 0.303. The number of aromatic nitrogens is 2. The van der Waals surface area contributed by atoms with Crippen molar-refractivity contribution in [3.05, 3.63) is 53.7 Å². The van der Waals surface area contributed by atoms with Crippen molar-refractivity contribution < 1.29 is 0 Å². The molecule has 2 aromatic rings. The van der Waals surface area contributed by atoms with Gasteiger partial charge in [-0.1, -0.05) is 12.1 Å². The summed E-state index contributed by atoms with van der Waals surface area (Å²) in [6.45, 7) is 2.87. The zero-order valence-electron chi connectivity index (χ0n) is 13.4. The van der Waals surface area contributed by atoms with Crippen LogP contribution < -0.4 is 4.90 Å². The highest BCUT2D eigenvalue weighted by atomic mass is 15.3.